The molecule has 3 rings (SSSR count). The second-order valence-corrected chi connectivity index (χ2v) is 7.75. The first-order chi connectivity index (χ1) is 12.4. The van der Waals surface area contributed by atoms with Gasteiger partial charge in [-0.1, -0.05) is 30.3 Å². The first-order valence-electron chi connectivity index (χ1n) is 9.13. The number of nitrogens with zero attached hydrogens (tertiary/aromatic N) is 2. The molecular weight excluding hydrogens is 328 g/mol. The van der Waals surface area contributed by atoms with Crippen molar-refractivity contribution in [2.45, 2.75) is 50.7 Å². The average molecular weight is 356 g/mol. The van der Waals surface area contributed by atoms with Crippen molar-refractivity contribution in [3.63, 3.8) is 0 Å². The number of carbonyl (C=O) groups excluding carboxylic acids is 1. The minimum absolute atomic E-state index is 0.0203. The lowest BCUT2D eigenvalue weighted by Crippen LogP contribution is -2.45. The number of aromatic nitrogens is 2. The van der Waals surface area contributed by atoms with E-state index in [0.29, 0.717) is 12.2 Å². The second kappa shape index (κ2) is 7.50. The van der Waals surface area contributed by atoms with Gasteiger partial charge in [-0.2, -0.15) is 5.10 Å². The molecule has 1 aliphatic heterocycles. The number of anilines is 1. The number of ether oxygens (including phenoxy) is 1. The van der Waals surface area contributed by atoms with Gasteiger partial charge in [0.05, 0.1) is 17.5 Å². The van der Waals surface area contributed by atoms with E-state index < -0.39 is 0 Å². The molecule has 2 heterocycles. The zero-order valence-electron chi connectivity index (χ0n) is 15.6. The van der Waals surface area contributed by atoms with E-state index in [1.165, 1.54) is 5.56 Å². The first-order valence-corrected chi connectivity index (χ1v) is 9.13. The lowest BCUT2D eigenvalue weighted by molar-refractivity contribution is -0.122. The largest absolute Gasteiger partial charge is 0.396 e. The molecule has 1 saturated heterocycles. The van der Waals surface area contributed by atoms with E-state index >= 15 is 0 Å². The fourth-order valence-electron chi connectivity index (χ4n) is 3.98. The number of nitrogens with one attached hydrogen (secondary N) is 1. The molecule has 1 aromatic heterocycles. The molecule has 0 spiro atoms. The number of hydrogen-bond donors (Lipinski definition) is 2. The van der Waals surface area contributed by atoms with Crippen LogP contribution in [0.5, 0.6) is 0 Å². The van der Waals surface area contributed by atoms with Crippen molar-refractivity contribution in [2.75, 3.05) is 18.9 Å². The number of amides is 1. The van der Waals surface area contributed by atoms with E-state index in [1.807, 2.05) is 6.07 Å². The van der Waals surface area contributed by atoms with Crippen LogP contribution < -0.4 is 11.1 Å². The lowest BCUT2D eigenvalue weighted by Gasteiger charge is -2.45. The van der Waals surface area contributed by atoms with Crippen LogP contribution in [0.15, 0.2) is 42.7 Å². The predicted molar refractivity (Wildman–Crippen MR) is 102 cm³/mol. The molecule has 0 saturated carbocycles. The van der Waals surface area contributed by atoms with Gasteiger partial charge in [0.25, 0.3) is 0 Å². The number of benzene rings is 1. The maximum atomic E-state index is 12.2. The lowest BCUT2D eigenvalue weighted by atomic mass is 9.67. The Labute approximate surface area is 154 Å². The van der Waals surface area contributed by atoms with E-state index in [9.17, 15) is 4.79 Å². The first kappa shape index (κ1) is 18.5. The minimum atomic E-state index is -0.162. The van der Waals surface area contributed by atoms with Gasteiger partial charge >= 0.3 is 0 Å². The SMILES string of the molecule is CC1(C)C[C@](CCNC(=O)Cn2cc(N)cn2)(c2ccccc2)CCO1. The number of nitrogens with two attached hydrogens (primary N) is 1. The van der Waals surface area contributed by atoms with E-state index in [-0.39, 0.29) is 23.5 Å². The summed E-state index contributed by atoms with van der Waals surface area (Å²) in [5.74, 6) is -0.0531. The van der Waals surface area contributed by atoms with Gasteiger partial charge in [0.2, 0.25) is 5.91 Å². The Kier molecular flexibility index (Phi) is 5.32. The van der Waals surface area contributed by atoms with Crippen molar-refractivity contribution >= 4 is 11.6 Å². The fraction of sp³-hybridized carbons (Fsp3) is 0.500. The quantitative estimate of drug-likeness (QED) is 0.833. The van der Waals surface area contributed by atoms with E-state index in [2.05, 4.69) is 48.5 Å². The molecule has 6 nitrogen and oxygen atoms in total. The van der Waals surface area contributed by atoms with Crippen LogP contribution in [0.2, 0.25) is 0 Å². The van der Waals surface area contributed by atoms with Crippen LogP contribution in [0.3, 0.4) is 0 Å². The molecule has 0 unspecified atom stereocenters. The third kappa shape index (κ3) is 4.43. The minimum Gasteiger partial charge on any atom is -0.396 e. The predicted octanol–water partition coefficient (Wildman–Crippen LogP) is 2.50. The Hall–Kier alpha value is -2.34. The molecule has 1 fully saturated rings. The molecule has 1 aromatic carbocycles. The summed E-state index contributed by atoms with van der Waals surface area (Å²) in [6.07, 6.45) is 5.99. The standard InChI is InChI=1S/C20H28N4O2/c1-19(2)15-20(9-11-26-19,16-6-4-3-5-7-16)8-10-22-18(25)14-24-13-17(21)12-23-24/h3-7,12-13H,8-11,14-15,21H2,1-2H3,(H,22,25)/t20-/m1/s1. The van der Waals surface area contributed by atoms with Gasteiger partial charge in [-0.3, -0.25) is 9.48 Å². The molecule has 1 atom stereocenters. The third-order valence-corrected chi connectivity index (χ3v) is 5.11. The number of carbonyl (C=O) groups is 1. The maximum absolute atomic E-state index is 12.2. The van der Waals surface area contributed by atoms with Gasteiger partial charge in [0.1, 0.15) is 6.54 Å². The zero-order valence-corrected chi connectivity index (χ0v) is 15.6. The molecule has 6 heteroatoms. The van der Waals surface area contributed by atoms with Crippen LogP contribution in [0, 0.1) is 0 Å². The van der Waals surface area contributed by atoms with Crippen molar-refractivity contribution in [3.05, 3.63) is 48.3 Å². The molecule has 0 radical (unpaired) electrons. The molecule has 0 bridgehead atoms. The summed E-state index contributed by atoms with van der Waals surface area (Å²) in [4.78, 5) is 12.2. The van der Waals surface area contributed by atoms with Crippen LogP contribution in [0.1, 0.15) is 38.7 Å². The Morgan fingerprint density at radius 2 is 2.12 bits per heavy atom. The molecule has 26 heavy (non-hydrogen) atoms. The topological polar surface area (TPSA) is 82.2 Å². The fourth-order valence-corrected chi connectivity index (χ4v) is 3.98. The molecule has 2 aromatic rings. The Balaban J connectivity index is 1.64. The van der Waals surface area contributed by atoms with Crippen molar-refractivity contribution in [3.8, 4) is 0 Å². The average Bonchev–Trinajstić information content (AvgIpc) is 2.99. The van der Waals surface area contributed by atoms with Gasteiger partial charge in [-0.05, 0) is 38.7 Å². The smallest absolute Gasteiger partial charge is 0.241 e. The number of rotatable bonds is 6. The number of hydrogen-bond acceptors (Lipinski definition) is 4. The Bertz CT molecular complexity index is 741. The summed E-state index contributed by atoms with van der Waals surface area (Å²) >= 11 is 0. The summed E-state index contributed by atoms with van der Waals surface area (Å²) in [6.45, 7) is 5.84. The van der Waals surface area contributed by atoms with Crippen LogP contribution in [0.25, 0.3) is 0 Å². The van der Waals surface area contributed by atoms with Crippen LogP contribution >= 0.6 is 0 Å². The molecule has 140 valence electrons. The van der Waals surface area contributed by atoms with Gasteiger partial charge in [0.15, 0.2) is 0 Å². The summed E-state index contributed by atoms with van der Waals surface area (Å²) in [5, 5.41) is 7.08. The van der Waals surface area contributed by atoms with Gasteiger partial charge in [-0.15, -0.1) is 0 Å². The molecule has 1 aliphatic rings. The van der Waals surface area contributed by atoms with Gasteiger partial charge < -0.3 is 15.8 Å². The van der Waals surface area contributed by atoms with Gasteiger partial charge in [0, 0.05) is 24.8 Å². The number of nitrogen functional groups attached to an aromatic ring is 1. The van der Waals surface area contributed by atoms with Gasteiger partial charge in [-0.25, -0.2) is 0 Å². The van der Waals surface area contributed by atoms with Crippen LogP contribution in [0.4, 0.5) is 5.69 Å². The van der Waals surface area contributed by atoms with Crippen molar-refractivity contribution in [1.29, 1.82) is 0 Å². The second-order valence-electron chi connectivity index (χ2n) is 7.75. The Morgan fingerprint density at radius 3 is 2.77 bits per heavy atom. The van der Waals surface area contributed by atoms with E-state index in [4.69, 9.17) is 10.5 Å². The van der Waals surface area contributed by atoms with E-state index in [0.717, 1.165) is 25.9 Å². The molecule has 3 N–H and O–H groups in total. The Morgan fingerprint density at radius 1 is 1.35 bits per heavy atom. The zero-order chi connectivity index (χ0) is 18.6. The highest BCUT2D eigenvalue weighted by atomic mass is 16.5. The summed E-state index contributed by atoms with van der Waals surface area (Å²) in [7, 11) is 0. The van der Waals surface area contributed by atoms with Crippen molar-refractivity contribution < 1.29 is 9.53 Å². The van der Waals surface area contributed by atoms with Crippen molar-refractivity contribution in [1.82, 2.24) is 15.1 Å². The summed E-state index contributed by atoms with van der Waals surface area (Å²) < 4.78 is 7.49. The third-order valence-electron chi connectivity index (χ3n) is 5.11. The van der Waals surface area contributed by atoms with E-state index in [1.54, 1.807) is 17.1 Å². The summed E-state index contributed by atoms with van der Waals surface area (Å²) in [5.41, 5.74) is 7.38. The van der Waals surface area contributed by atoms with Crippen LogP contribution in [-0.2, 0) is 21.5 Å². The molecule has 1 amide bonds. The van der Waals surface area contributed by atoms with Crippen LogP contribution in [-0.4, -0.2) is 34.4 Å². The highest BCUT2D eigenvalue weighted by Gasteiger charge is 2.41. The van der Waals surface area contributed by atoms with Crippen molar-refractivity contribution in [2.24, 2.45) is 0 Å². The maximum Gasteiger partial charge on any atom is 0.241 e. The summed E-state index contributed by atoms with van der Waals surface area (Å²) in [6, 6.07) is 10.6. The molecule has 0 aliphatic carbocycles. The molecular formula is C20H28N4O2. The highest BCUT2D eigenvalue weighted by molar-refractivity contribution is 5.75. The monoisotopic (exact) mass is 356 g/mol. The highest BCUT2D eigenvalue weighted by Crippen LogP contribution is 2.43. The normalized spacial score (nSPS) is 22.1.